The number of anilines is 1. The van der Waals surface area contributed by atoms with Gasteiger partial charge in [0, 0.05) is 12.6 Å². The third-order valence-electron chi connectivity index (χ3n) is 3.82. The predicted molar refractivity (Wildman–Crippen MR) is 95.6 cm³/mol. The first-order chi connectivity index (χ1) is 11.5. The maximum absolute atomic E-state index is 12.1. The second kappa shape index (κ2) is 8.15. The van der Waals surface area contributed by atoms with Crippen molar-refractivity contribution in [1.29, 1.82) is 0 Å². The number of oxime groups is 1. The topological polar surface area (TPSA) is 51.1 Å². The number of hydrogen-bond acceptors (Lipinski definition) is 4. The Morgan fingerprint density at radius 2 is 1.92 bits per heavy atom. The zero-order valence-electron chi connectivity index (χ0n) is 14.4. The average Bonchev–Trinajstić information content (AvgIpc) is 2.60. The number of benzene rings is 2. The molecular weight excluding hydrogens is 304 g/mol. The highest BCUT2D eigenvalue weighted by molar-refractivity contribution is 6.32. The normalized spacial score (nSPS) is 10.7. The second-order valence-corrected chi connectivity index (χ2v) is 5.48. The molecule has 0 atom stereocenters. The molecule has 126 valence electrons. The SMILES string of the molecule is CON=CC(=O)N(C)c1ccccc1COc1ccc(C)c(C)c1. The van der Waals surface area contributed by atoms with Gasteiger partial charge >= 0.3 is 0 Å². The number of carbonyl (C=O) groups is 1. The van der Waals surface area contributed by atoms with E-state index in [9.17, 15) is 4.79 Å². The van der Waals surface area contributed by atoms with Crippen LogP contribution in [0.25, 0.3) is 0 Å². The van der Waals surface area contributed by atoms with Gasteiger partial charge in [0.1, 0.15) is 25.7 Å². The lowest BCUT2D eigenvalue weighted by atomic mass is 10.1. The number of amides is 1. The lowest BCUT2D eigenvalue weighted by Gasteiger charge is -2.19. The molecule has 0 spiro atoms. The Labute approximate surface area is 142 Å². The maximum Gasteiger partial charge on any atom is 0.272 e. The van der Waals surface area contributed by atoms with Gasteiger partial charge in [-0.05, 0) is 43.2 Å². The Balaban J connectivity index is 2.14. The fourth-order valence-electron chi connectivity index (χ4n) is 2.23. The molecule has 0 saturated heterocycles. The monoisotopic (exact) mass is 326 g/mol. The first-order valence-electron chi connectivity index (χ1n) is 7.65. The molecule has 2 aromatic rings. The van der Waals surface area contributed by atoms with Crippen molar-refractivity contribution in [2.45, 2.75) is 20.5 Å². The van der Waals surface area contributed by atoms with Crippen LogP contribution in [0.15, 0.2) is 47.6 Å². The molecule has 0 aliphatic carbocycles. The van der Waals surface area contributed by atoms with Crippen LogP contribution in [0.2, 0.25) is 0 Å². The fraction of sp³-hybridized carbons (Fsp3) is 0.263. The van der Waals surface area contributed by atoms with E-state index < -0.39 is 0 Å². The summed E-state index contributed by atoms with van der Waals surface area (Å²) in [7, 11) is 3.09. The van der Waals surface area contributed by atoms with E-state index in [2.05, 4.69) is 23.8 Å². The molecule has 0 fully saturated rings. The van der Waals surface area contributed by atoms with E-state index in [1.54, 1.807) is 7.05 Å². The molecule has 24 heavy (non-hydrogen) atoms. The van der Waals surface area contributed by atoms with Crippen LogP contribution in [0.4, 0.5) is 5.69 Å². The number of rotatable bonds is 6. The van der Waals surface area contributed by atoms with Crippen LogP contribution in [0.3, 0.4) is 0 Å². The average molecular weight is 326 g/mol. The van der Waals surface area contributed by atoms with Gasteiger partial charge in [0.25, 0.3) is 5.91 Å². The highest BCUT2D eigenvalue weighted by Gasteiger charge is 2.13. The smallest absolute Gasteiger partial charge is 0.272 e. The van der Waals surface area contributed by atoms with Crippen molar-refractivity contribution < 1.29 is 14.4 Å². The first kappa shape index (κ1) is 17.5. The molecule has 0 heterocycles. The largest absolute Gasteiger partial charge is 0.489 e. The van der Waals surface area contributed by atoms with Gasteiger partial charge in [0.05, 0.1) is 5.69 Å². The summed E-state index contributed by atoms with van der Waals surface area (Å²) in [5.74, 6) is 0.540. The number of aryl methyl sites for hydroxylation is 2. The number of nitrogens with zero attached hydrogens (tertiary/aromatic N) is 2. The molecule has 2 aromatic carbocycles. The van der Waals surface area contributed by atoms with E-state index in [1.165, 1.54) is 23.1 Å². The van der Waals surface area contributed by atoms with E-state index in [1.807, 2.05) is 42.5 Å². The van der Waals surface area contributed by atoms with Gasteiger partial charge < -0.3 is 14.5 Å². The van der Waals surface area contributed by atoms with Crippen molar-refractivity contribution in [1.82, 2.24) is 0 Å². The van der Waals surface area contributed by atoms with Crippen LogP contribution < -0.4 is 9.64 Å². The van der Waals surface area contributed by atoms with Gasteiger partial charge in [-0.15, -0.1) is 0 Å². The zero-order chi connectivity index (χ0) is 17.5. The molecule has 0 aliphatic heterocycles. The quantitative estimate of drug-likeness (QED) is 0.603. The first-order valence-corrected chi connectivity index (χ1v) is 7.65. The molecule has 0 unspecified atom stereocenters. The molecule has 1 amide bonds. The number of ether oxygens (including phenoxy) is 1. The lowest BCUT2D eigenvalue weighted by Crippen LogP contribution is -2.28. The summed E-state index contributed by atoms with van der Waals surface area (Å²) in [6.07, 6.45) is 1.14. The van der Waals surface area contributed by atoms with Crippen molar-refractivity contribution in [2.75, 3.05) is 19.1 Å². The molecule has 0 saturated carbocycles. The van der Waals surface area contributed by atoms with Crippen molar-refractivity contribution in [3.63, 3.8) is 0 Å². The van der Waals surface area contributed by atoms with Crippen LogP contribution in [0, 0.1) is 13.8 Å². The number of carbonyl (C=O) groups excluding carboxylic acids is 1. The summed E-state index contributed by atoms with van der Waals surface area (Å²) < 4.78 is 5.88. The second-order valence-electron chi connectivity index (χ2n) is 5.48. The van der Waals surface area contributed by atoms with E-state index in [4.69, 9.17) is 4.74 Å². The van der Waals surface area contributed by atoms with Crippen molar-refractivity contribution >= 4 is 17.8 Å². The van der Waals surface area contributed by atoms with Crippen LogP contribution in [-0.4, -0.2) is 26.3 Å². The Bertz CT molecular complexity index is 741. The summed E-state index contributed by atoms with van der Waals surface area (Å²) in [6, 6.07) is 13.6. The lowest BCUT2D eigenvalue weighted by molar-refractivity contribution is -0.112. The highest BCUT2D eigenvalue weighted by atomic mass is 16.6. The standard InChI is InChI=1S/C19H22N2O3/c1-14-9-10-17(11-15(14)2)24-13-16-7-5-6-8-18(16)21(3)19(22)12-20-23-4/h5-12H,13H2,1-4H3. The van der Waals surface area contributed by atoms with Crippen molar-refractivity contribution in [3.8, 4) is 5.75 Å². The van der Waals surface area contributed by atoms with Crippen LogP contribution in [0.5, 0.6) is 5.75 Å². The van der Waals surface area contributed by atoms with Gasteiger partial charge in [-0.3, -0.25) is 4.79 Å². The van der Waals surface area contributed by atoms with E-state index >= 15 is 0 Å². The summed E-state index contributed by atoms with van der Waals surface area (Å²) in [4.78, 5) is 18.1. The summed E-state index contributed by atoms with van der Waals surface area (Å²) in [5.41, 5.74) is 4.10. The molecule has 5 nitrogen and oxygen atoms in total. The molecular formula is C19H22N2O3. The molecule has 2 rings (SSSR count). The minimum Gasteiger partial charge on any atom is -0.489 e. The van der Waals surface area contributed by atoms with Gasteiger partial charge in [0.15, 0.2) is 0 Å². The third kappa shape index (κ3) is 4.35. The maximum atomic E-state index is 12.1. The fourth-order valence-corrected chi connectivity index (χ4v) is 2.23. The Morgan fingerprint density at radius 1 is 1.17 bits per heavy atom. The van der Waals surface area contributed by atoms with Gasteiger partial charge in [-0.25, -0.2) is 0 Å². The Kier molecular flexibility index (Phi) is 5.95. The molecule has 0 bridgehead atoms. The number of para-hydroxylation sites is 1. The van der Waals surface area contributed by atoms with E-state index in [0.717, 1.165) is 23.2 Å². The minimum absolute atomic E-state index is 0.268. The zero-order valence-corrected chi connectivity index (χ0v) is 14.4. The van der Waals surface area contributed by atoms with Crippen LogP contribution in [0.1, 0.15) is 16.7 Å². The predicted octanol–water partition coefficient (Wildman–Crippen LogP) is 3.48. The summed E-state index contributed by atoms with van der Waals surface area (Å²) >= 11 is 0. The van der Waals surface area contributed by atoms with Gasteiger partial charge in [-0.2, -0.15) is 0 Å². The van der Waals surface area contributed by atoms with Crippen molar-refractivity contribution in [2.24, 2.45) is 5.16 Å². The Hall–Kier alpha value is -2.82. The summed E-state index contributed by atoms with van der Waals surface area (Å²) in [5, 5.41) is 3.51. The molecule has 5 heteroatoms. The van der Waals surface area contributed by atoms with Crippen molar-refractivity contribution in [3.05, 3.63) is 59.2 Å². The molecule has 0 aliphatic rings. The van der Waals surface area contributed by atoms with E-state index in [0.29, 0.717) is 6.61 Å². The third-order valence-corrected chi connectivity index (χ3v) is 3.82. The van der Waals surface area contributed by atoms with Gasteiger partial charge in [-0.1, -0.05) is 29.4 Å². The highest BCUT2D eigenvalue weighted by Crippen LogP contribution is 2.23. The Morgan fingerprint density at radius 3 is 2.62 bits per heavy atom. The van der Waals surface area contributed by atoms with E-state index in [-0.39, 0.29) is 5.91 Å². The molecule has 0 radical (unpaired) electrons. The summed E-state index contributed by atoms with van der Waals surface area (Å²) in [6.45, 7) is 4.49. The van der Waals surface area contributed by atoms with Crippen LogP contribution >= 0.6 is 0 Å². The molecule has 0 aromatic heterocycles. The number of hydrogen-bond donors (Lipinski definition) is 0. The minimum atomic E-state index is -0.268. The van der Waals surface area contributed by atoms with Crippen LogP contribution in [-0.2, 0) is 16.2 Å². The molecule has 0 N–H and O–H groups in total. The van der Waals surface area contributed by atoms with Gasteiger partial charge in [0.2, 0.25) is 0 Å².